The molecular formula is C30H41N3O4. The maximum Gasteiger partial charge on any atom is 0.407 e. The number of amides is 2. The molecule has 1 heterocycles. The average Bonchev–Trinajstić information content (AvgIpc) is 3.45. The van der Waals surface area contributed by atoms with E-state index < -0.39 is 18.2 Å². The number of aliphatic hydroxyl groups is 1. The molecule has 7 nitrogen and oxygen atoms in total. The first-order chi connectivity index (χ1) is 17.7. The minimum absolute atomic E-state index is 0.0175. The number of hydrogen-bond acceptors (Lipinski definition) is 5. The van der Waals surface area contributed by atoms with Crippen molar-refractivity contribution < 1.29 is 19.4 Å². The third-order valence-electron chi connectivity index (χ3n) is 7.45. The Balaban J connectivity index is 1.46. The highest BCUT2D eigenvalue weighted by atomic mass is 16.5. The van der Waals surface area contributed by atoms with E-state index in [0.717, 1.165) is 36.8 Å². The van der Waals surface area contributed by atoms with E-state index in [2.05, 4.69) is 15.5 Å². The van der Waals surface area contributed by atoms with Gasteiger partial charge in [-0.3, -0.25) is 9.69 Å². The average molecular weight is 508 g/mol. The van der Waals surface area contributed by atoms with Crippen molar-refractivity contribution in [1.82, 2.24) is 15.5 Å². The van der Waals surface area contributed by atoms with Gasteiger partial charge in [0.1, 0.15) is 6.61 Å². The number of β-amino-alcohol motifs (C(OH)–C–C–N with tert-alkyl or cyclic N) is 1. The first-order valence-corrected chi connectivity index (χ1v) is 13.5. The summed E-state index contributed by atoms with van der Waals surface area (Å²) >= 11 is 0. The third-order valence-corrected chi connectivity index (χ3v) is 7.45. The van der Waals surface area contributed by atoms with Crippen LogP contribution in [0, 0.1) is 5.92 Å². The summed E-state index contributed by atoms with van der Waals surface area (Å²) in [4.78, 5) is 28.2. The van der Waals surface area contributed by atoms with Gasteiger partial charge in [0.2, 0.25) is 5.91 Å². The highest BCUT2D eigenvalue weighted by Crippen LogP contribution is 2.41. The molecule has 3 N–H and O–H groups in total. The molecular weight excluding hydrogens is 466 g/mol. The second kappa shape index (κ2) is 12.1. The molecule has 4 rings (SSSR count). The summed E-state index contributed by atoms with van der Waals surface area (Å²) in [7, 11) is 0. The monoisotopic (exact) mass is 507 g/mol. The molecule has 0 spiro atoms. The fraction of sp³-hybridized carbons (Fsp3) is 0.533. The molecule has 1 saturated heterocycles. The van der Waals surface area contributed by atoms with Gasteiger partial charge in [-0.1, -0.05) is 67.1 Å². The van der Waals surface area contributed by atoms with Gasteiger partial charge < -0.3 is 20.5 Å². The summed E-state index contributed by atoms with van der Waals surface area (Å²) in [6.07, 6.45) is 3.14. The third kappa shape index (κ3) is 7.55. The van der Waals surface area contributed by atoms with Crippen LogP contribution in [-0.2, 0) is 22.6 Å². The predicted octanol–water partition coefficient (Wildman–Crippen LogP) is 4.04. The van der Waals surface area contributed by atoms with Gasteiger partial charge in [-0.05, 0) is 63.5 Å². The van der Waals surface area contributed by atoms with Crippen molar-refractivity contribution in [1.29, 1.82) is 0 Å². The molecule has 5 atom stereocenters. The van der Waals surface area contributed by atoms with Crippen LogP contribution in [0.2, 0.25) is 0 Å². The fourth-order valence-corrected chi connectivity index (χ4v) is 5.77. The number of alkyl carbamates (subject to hydrolysis) is 1. The number of likely N-dealkylation sites (tertiary alicyclic amines) is 1. The van der Waals surface area contributed by atoms with Gasteiger partial charge in [0.25, 0.3) is 0 Å². The van der Waals surface area contributed by atoms with Crippen molar-refractivity contribution in [2.75, 3.05) is 6.54 Å². The Hall–Kier alpha value is -2.90. The molecule has 0 radical (unpaired) electrons. The van der Waals surface area contributed by atoms with Crippen molar-refractivity contribution >= 4 is 12.0 Å². The molecule has 2 aromatic carbocycles. The van der Waals surface area contributed by atoms with Crippen molar-refractivity contribution in [2.45, 2.75) is 89.3 Å². The van der Waals surface area contributed by atoms with Gasteiger partial charge in [-0.25, -0.2) is 4.79 Å². The Labute approximate surface area is 220 Å². The number of hydrogen-bond donors (Lipinski definition) is 3. The minimum Gasteiger partial charge on any atom is -0.445 e. The number of carbonyl (C=O) groups excluding carboxylic acids is 2. The van der Waals surface area contributed by atoms with Gasteiger partial charge in [-0.15, -0.1) is 0 Å². The van der Waals surface area contributed by atoms with E-state index in [1.54, 1.807) is 0 Å². The standard InChI is InChI=1S/C30H41N3O4/c1-30(2,3)32-28(35)26-18-23-15-10-16-25(23)33(26)19-27(34)24(17-21-11-6-4-7-12-21)31-29(36)37-20-22-13-8-5-9-14-22/h4-9,11-14,23-27,34H,10,15-20H2,1-3H3,(H,31,36)(H,32,35)/t23?,24-,25?,26?,27+/m0/s1. The predicted molar refractivity (Wildman–Crippen MR) is 144 cm³/mol. The van der Waals surface area contributed by atoms with Gasteiger partial charge in [-0.2, -0.15) is 0 Å². The number of ether oxygens (including phenoxy) is 1. The largest absolute Gasteiger partial charge is 0.445 e. The summed E-state index contributed by atoms with van der Waals surface area (Å²) in [6.45, 7) is 6.44. The molecule has 200 valence electrons. The summed E-state index contributed by atoms with van der Waals surface area (Å²) < 4.78 is 5.46. The van der Waals surface area contributed by atoms with Crippen LogP contribution in [-0.4, -0.2) is 58.3 Å². The molecule has 2 aliphatic rings. The van der Waals surface area contributed by atoms with E-state index in [9.17, 15) is 14.7 Å². The molecule has 3 unspecified atom stereocenters. The summed E-state index contributed by atoms with van der Waals surface area (Å²) in [5.41, 5.74) is 1.59. The van der Waals surface area contributed by atoms with Crippen molar-refractivity contribution in [3.05, 3.63) is 71.8 Å². The maximum atomic E-state index is 13.2. The van der Waals surface area contributed by atoms with Crippen LogP contribution in [0.5, 0.6) is 0 Å². The summed E-state index contributed by atoms with van der Waals surface area (Å²) in [6, 6.07) is 18.8. The van der Waals surface area contributed by atoms with E-state index >= 15 is 0 Å². The zero-order chi connectivity index (χ0) is 26.4. The molecule has 0 bridgehead atoms. The molecule has 2 fully saturated rings. The smallest absolute Gasteiger partial charge is 0.407 e. The Morgan fingerprint density at radius 3 is 2.32 bits per heavy atom. The Kier molecular flexibility index (Phi) is 8.87. The van der Waals surface area contributed by atoms with Gasteiger partial charge in [0.05, 0.1) is 18.2 Å². The van der Waals surface area contributed by atoms with Crippen LogP contribution in [0.4, 0.5) is 4.79 Å². The van der Waals surface area contributed by atoms with Crippen LogP contribution < -0.4 is 10.6 Å². The molecule has 1 saturated carbocycles. The van der Waals surface area contributed by atoms with E-state index in [0.29, 0.717) is 18.9 Å². The maximum absolute atomic E-state index is 13.2. The van der Waals surface area contributed by atoms with Crippen LogP contribution in [0.1, 0.15) is 57.6 Å². The van der Waals surface area contributed by atoms with E-state index in [-0.39, 0.29) is 30.1 Å². The lowest BCUT2D eigenvalue weighted by molar-refractivity contribution is -0.128. The van der Waals surface area contributed by atoms with Gasteiger partial charge >= 0.3 is 6.09 Å². The Bertz CT molecular complexity index is 1020. The molecule has 37 heavy (non-hydrogen) atoms. The van der Waals surface area contributed by atoms with Crippen LogP contribution >= 0.6 is 0 Å². The molecule has 1 aliphatic carbocycles. The van der Waals surface area contributed by atoms with Crippen molar-refractivity contribution in [2.24, 2.45) is 5.92 Å². The minimum atomic E-state index is -0.867. The fourth-order valence-electron chi connectivity index (χ4n) is 5.77. The second-order valence-electron chi connectivity index (χ2n) is 11.5. The number of nitrogens with one attached hydrogen (secondary N) is 2. The Morgan fingerprint density at radius 2 is 1.68 bits per heavy atom. The Morgan fingerprint density at radius 1 is 1.03 bits per heavy atom. The highest BCUT2D eigenvalue weighted by Gasteiger charge is 2.47. The first-order valence-electron chi connectivity index (χ1n) is 13.5. The number of fused-ring (bicyclic) bond motifs is 1. The lowest BCUT2D eigenvalue weighted by Crippen LogP contribution is -2.55. The lowest BCUT2D eigenvalue weighted by atomic mass is 10.00. The molecule has 0 aromatic heterocycles. The van der Waals surface area contributed by atoms with Crippen LogP contribution in [0.25, 0.3) is 0 Å². The van der Waals surface area contributed by atoms with E-state index in [1.807, 2.05) is 81.4 Å². The number of nitrogens with zero attached hydrogens (tertiary/aromatic N) is 1. The molecule has 7 heteroatoms. The second-order valence-corrected chi connectivity index (χ2v) is 11.5. The van der Waals surface area contributed by atoms with Crippen molar-refractivity contribution in [3.8, 4) is 0 Å². The molecule has 2 aromatic rings. The van der Waals surface area contributed by atoms with E-state index in [1.165, 1.54) is 0 Å². The van der Waals surface area contributed by atoms with Gasteiger partial charge in [0, 0.05) is 18.1 Å². The van der Waals surface area contributed by atoms with E-state index in [4.69, 9.17) is 4.74 Å². The topological polar surface area (TPSA) is 90.9 Å². The van der Waals surface area contributed by atoms with Crippen LogP contribution in [0.3, 0.4) is 0 Å². The number of rotatable bonds is 9. The summed E-state index contributed by atoms with van der Waals surface area (Å²) in [5, 5.41) is 17.5. The van der Waals surface area contributed by atoms with Crippen LogP contribution in [0.15, 0.2) is 60.7 Å². The number of benzene rings is 2. The summed E-state index contributed by atoms with van der Waals surface area (Å²) in [5.74, 6) is 0.489. The van der Waals surface area contributed by atoms with Gasteiger partial charge in [0.15, 0.2) is 0 Å². The first kappa shape index (κ1) is 27.1. The lowest BCUT2D eigenvalue weighted by Gasteiger charge is -2.35. The SMILES string of the molecule is CC(C)(C)NC(=O)C1CC2CCCC2N1C[C@@H](O)[C@H](Cc1ccccc1)NC(=O)OCc1ccccc1. The van der Waals surface area contributed by atoms with Crippen molar-refractivity contribution in [3.63, 3.8) is 0 Å². The zero-order valence-corrected chi connectivity index (χ0v) is 22.2. The molecule has 2 amide bonds. The molecule has 1 aliphatic heterocycles. The number of aliphatic hydroxyl groups excluding tert-OH is 1. The normalized spacial score (nSPS) is 23.2. The highest BCUT2D eigenvalue weighted by molar-refractivity contribution is 5.83. The number of carbonyl (C=O) groups is 2. The zero-order valence-electron chi connectivity index (χ0n) is 22.2. The quantitative estimate of drug-likeness (QED) is 0.477.